The van der Waals surface area contributed by atoms with Gasteiger partial charge in [0.05, 0.1) is 5.25 Å². The van der Waals surface area contributed by atoms with Crippen LogP contribution < -0.4 is 0 Å². The van der Waals surface area contributed by atoms with E-state index in [1.54, 1.807) is 0 Å². The smallest absolute Gasteiger partial charge is 0.229 e. The normalized spacial score (nSPS) is 14.2. The number of aromatic nitrogens is 2. The van der Waals surface area contributed by atoms with E-state index in [1.165, 1.54) is 6.42 Å². The van der Waals surface area contributed by atoms with Crippen molar-refractivity contribution in [2.45, 2.75) is 46.3 Å². The molecule has 1 rings (SSSR count). The van der Waals surface area contributed by atoms with Gasteiger partial charge in [-0.05, 0) is 24.5 Å². The van der Waals surface area contributed by atoms with E-state index >= 15 is 0 Å². The second kappa shape index (κ2) is 5.01. The predicted octanol–water partition coefficient (Wildman–Crippen LogP) is 3.61. The molecule has 0 saturated heterocycles. The van der Waals surface area contributed by atoms with Gasteiger partial charge in [0.15, 0.2) is 0 Å². The van der Waals surface area contributed by atoms with Crippen molar-refractivity contribution >= 4 is 11.8 Å². The maximum atomic E-state index is 5.38. The lowest BCUT2D eigenvalue weighted by atomic mass is 9.94. The van der Waals surface area contributed by atoms with Crippen LogP contribution in [0, 0.1) is 12.3 Å². The van der Waals surface area contributed by atoms with Crippen LogP contribution in [0.2, 0.25) is 0 Å². The van der Waals surface area contributed by atoms with Gasteiger partial charge in [0.1, 0.15) is 0 Å². The van der Waals surface area contributed by atoms with E-state index in [0.29, 0.717) is 16.6 Å². The number of hydrogen-bond donors (Lipinski definition) is 0. The zero-order chi connectivity index (χ0) is 11.5. The summed E-state index contributed by atoms with van der Waals surface area (Å²) >= 11 is 1.87. The van der Waals surface area contributed by atoms with E-state index in [4.69, 9.17) is 4.42 Å². The highest BCUT2D eigenvalue weighted by Crippen LogP contribution is 2.30. The van der Waals surface area contributed by atoms with Crippen LogP contribution in [0.15, 0.2) is 4.42 Å². The molecule has 86 valence electrons. The Morgan fingerprint density at radius 3 is 2.47 bits per heavy atom. The first-order valence-electron chi connectivity index (χ1n) is 5.30. The molecule has 0 amide bonds. The topological polar surface area (TPSA) is 38.9 Å². The van der Waals surface area contributed by atoms with Crippen molar-refractivity contribution in [3.8, 4) is 0 Å². The van der Waals surface area contributed by atoms with Crippen LogP contribution in [0.3, 0.4) is 0 Å². The van der Waals surface area contributed by atoms with E-state index in [9.17, 15) is 0 Å². The van der Waals surface area contributed by atoms with Crippen LogP contribution in [0.5, 0.6) is 0 Å². The molecule has 0 fully saturated rings. The van der Waals surface area contributed by atoms with Gasteiger partial charge in [-0.2, -0.15) is 0 Å². The van der Waals surface area contributed by atoms with Crippen molar-refractivity contribution in [3.63, 3.8) is 0 Å². The van der Waals surface area contributed by atoms with E-state index in [0.717, 1.165) is 11.6 Å². The Hall–Kier alpha value is -0.510. The molecule has 1 atom stereocenters. The van der Waals surface area contributed by atoms with Crippen LogP contribution in [-0.2, 0) is 0 Å². The Morgan fingerprint density at radius 1 is 1.33 bits per heavy atom. The summed E-state index contributed by atoms with van der Waals surface area (Å²) in [5.74, 6) is 2.52. The van der Waals surface area contributed by atoms with Gasteiger partial charge in [0, 0.05) is 6.92 Å². The van der Waals surface area contributed by atoms with Crippen molar-refractivity contribution in [2.24, 2.45) is 5.41 Å². The fourth-order valence-corrected chi connectivity index (χ4v) is 2.41. The summed E-state index contributed by atoms with van der Waals surface area (Å²) < 4.78 is 5.38. The summed E-state index contributed by atoms with van der Waals surface area (Å²) in [6.07, 6.45) is 1.20. The maximum Gasteiger partial charge on any atom is 0.229 e. The van der Waals surface area contributed by atoms with E-state index in [1.807, 2.05) is 18.7 Å². The van der Waals surface area contributed by atoms with E-state index in [-0.39, 0.29) is 0 Å². The minimum absolute atomic E-state index is 0.300. The molecule has 0 aromatic carbocycles. The van der Waals surface area contributed by atoms with Gasteiger partial charge in [-0.15, -0.1) is 22.0 Å². The highest BCUT2D eigenvalue weighted by molar-refractivity contribution is 7.99. The first kappa shape index (κ1) is 12.6. The molecule has 0 aliphatic heterocycles. The molecule has 3 nitrogen and oxygen atoms in total. The lowest BCUT2D eigenvalue weighted by Crippen LogP contribution is -2.06. The van der Waals surface area contributed by atoms with Gasteiger partial charge in [0.25, 0.3) is 0 Å². The van der Waals surface area contributed by atoms with Crippen molar-refractivity contribution in [1.82, 2.24) is 10.2 Å². The molecule has 1 heterocycles. The third-order valence-corrected chi connectivity index (χ3v) is 3.25. The number of aryl methyl sites for hydroxylation is 1. The lowest BCUT2D eigenvalue weighted by Gasteiger charge is -2.18. The molecule has 0 aliphatic rings. The van der Waals surface area contributed by atoms with Gasteiger partial charge < -0.3 is 4.42 Å². The fourth-order valence-electron chi connectivity index (χ4n) is 1.09. The molecular formula is C11H20N2OS. The standard InChI is InChI=1S/C11H20N2OS/c1-8(10-13-12-9(2)14-10)15-7-6-11(3,4)5/h8H,6-7H2,1-5H3/t8-/m1/s1. The Kier molecular flexibility index (Phi) is 4.20. The van der Waals surface area contributed by atoms with Crippen molar-refractivity contribution in [2.75, 3.05) is 5.75 Å². The summed E-state index contributed by atoms with van der Waals surface area (Å²) in [5, 5.41) is 8.16. The second-order valence-electron chi connectivity index (χ2n) is 4.98. The van der Waals surface area contributed by atoms with Gasteiger partial charge in [-0.3, -0.25) is 0 Å². The SMILES string of the molecule is Cc1nnc([C@@H](C)SCCC(C)(C)C)o1. The largest absolute Gasteiger partial charge is 0.424 e. The van der Waals surface area contributed by atoms with Crippen LogP contribution in [-0.4, -0.2) is 16.0 Å². The summed E-state index contributed by atoms with van der Waals surface area (Å²) in [6, 6.07) is 0. The van der Waals surface area contributed by atoms with Gasteiger partial charge in [0.2, 0.25) is 11.8 Å². The zero-order valence-electron chi connectivity index (χ0n) is 10.2. The van der Waals surface area contributed by atoms with Gasteiger partial charge >= 0.3 is 0 Å². The maximum absolute atomic E-state index is 5.38. The molecule has 1 aromatic rings. The molecule has 0 N–H and O–H groups in total. The minimum Gasteiger partial charge on any atom is -0.424 e. The number of hydrogen-bond acceptors (Lipinski definition) is 4. The Labute approximate surface area is 96.0 Å². The molecule has 15 heavy (non-hydrogen) atoms. The monoisotopic (exact) mass is 228 g/mol. The number of rotatable bonds is 4. The lowest BCUT2D eigenvalue weighted by molar-refractivity contribution is 0.401. The first-order chi connectivity index (χ1) is 6.88. The third-order valence-electron chi connectivity index (χ3n) is 2.11. The molecular weight excluding hydrogens is 208 g/mol. The Bertz CT molecular complexity index is 304. The third kappa shape index (κ3) is 4.69. The highest BCUT2D eigenvalue weighted by atomic mass is 32.2. The second-order valence-corrected chi connectivity index (χ2v) is 6.43. The number of nitrogens with zero attached hydrogens (tertiary/aromatic N) is 2. The van der Waals surface area contributed by atoms with E-state index < -0.39 is 0 Å². The van der Waals surface area contributed by atoms with Crippen molar-refractivity contribution in [1.29, 1.82) is 0 Å². The Balaban J connectivity index is 2.34. The van der Waals surface area contributed by atoms with E-state index in [2.05, 4.69) is 37.9 Å². The number of thioether (sulfide) groups is 1. The Morgan fingerprint density at radius 2 is 2.00 bits per heavy atom. The average Bonchev–Trinajstić information content (AvgIpc) is 2.49. The predicted molar refractivity (Wildman–Crippen MR) is 64.0 cm³/mol. The van der Waals surface area contributed by atoms with Gasteiger partial charge in [-0.1, -0.05) is 20.8 Å². The van der Waals surface area contributed by atoms with Crippen molar-refractivity contribution < 1.29 is 4.42 Å². The summed E-state index contributed by atoms with van der Waals surface area (Å²) in [7, 11) is 0. The van der Waals surface area contributed by atoms with Gasteiger partial charge in [-0.25, -0.2) is 0 Å². The average molecular weight is 228 g/mol. The minimum atomic E-state index is 0.300. The van der Waals surface area contributed by atoms with Crippen molar-refractivity contribution in [3.05, 3.63) is 11.8 Å². The fraction of sp³-hybridized carbons (Fsp3) is 0.818. The highest BCUT2D eigenvalue weighted by Gasteiger charge is 2.15. The molecule has 0 aliphatic carbocycles. The molecule has 0 bridgehead atoms. The molecule has 0 radical (unpaired) electrons. The van der Waals surface area contributed by atoms with Crippen LogP contribution in [0.1, 0.15) is 51.1 Å². The molecule has 1 aromatic heterocycles. The zero-order valence-corrected chi connectivity index (χ0v) is 11.0. The quantitative estimate of drug-likeness (QED) is 0.789. The van der Waals surface area contributed by atoms with Crippen LogP contribution in [0.25, 0.3) is 0 Å². The van der Waals surface area contributed by atoms with Crippen LogP contribution >= 0.6 is 11.8 Å². The molecule has 0 saturated carbocycles. The first-order valence-corrected chi connectivity index (χ1v) is 6.35. The van der Waals surface area contributed by atoms with Crippen LogP contribution in [0.4, 0.5) is 0 Å². The molecule has 0 spiro atoms. The molecule has 4 heteroatoms. The summed E-state index contributed by atoms with van der Waals surface area (Å²) in [4.78, 5) is 0. The summed E-state index contributed by atoms with van der Waals surface area (Å²) in [6.45, 7) is 10.7. The summed E-state index contributed by atoms with van der Waals surface area (Å²) in [5.41, 5.74) is 0.400. The molecule has 0 unspecified atom stereocenters.